The van der Waals surface area contributed by atoms with E-state index in [1.54, 1.807) is 30.7 Å². The molecule has 2 atom stereocenters. The van der Waals surface area contributed by atoms with Gasteiger partial charge >= 0.3 is 0 Å². The molecule has 0 radical (unpaired) electrons. The summed E-state index contributed by atoms with van der Waals surface area (Å²) in [6.07, 6.45) is 11.9. The Labute approximate surface area is 380 Å². The molecule has 0 unspecified atom stereocenters. The van der Waals surface area contributed by atoms with Crippen molar-refractivity contribution < 1.29 is 31.1 Å². The van der Waals surface area contributed by atoms with Gasteiger partial charge in [-0.05, 0) is 85.7 Å². The van der Waals surface area contributed by atoms with Crippen LogP contribution >= 0.6 is 0 Å². The molecule has 1 aliphatic carbocycles. The molecule has 3 aromatic heterocycles. The number of hydrogen-bond donors (Lipinski definition) is 4. The summed E-state index contributed by atoms with van der Waals surface area (Å²) in [7, 11) is -7.50. The molecule has 7 heterocycles. The predicted octanol–water partition coefficient (Wildman–Crippen LogP) is 6.06. The van der Waals surface area contributed by atoms with E-state index in [1.807, 2.05) is 6.07 Å². The number of rotatable bonds is 11. The Hall–Kier alpha value is -5.43. The predicted molar refractivity (Wildman–Crippen MR) is 250 cm³/mol. The van der Waals surface area contributed by atoms with Gasteiger partial charge in [-0.2, -0.15) is 0 Å². The molecule has 5 N–H and O–H groups in total. The third-order valence-electron chi connectivity index (χ3n) is 14.3. The third-order valence-corrected chi connectivity index (χ3v) is 17.2. The molecule has 4 fully saturated rings. The Morgan fingerprint density at radius 1 is 1.02 bits per heavy atom. The fourth-order valence-electron chi connectivity index (χ4n) is 10.7. The number of pyridine rings is 2. The second kappa shape index (κ2) is 17.1. The molecule has 5 aliphatic rings. The normalized spacial score (nSPS) is 22.3. The number of carbonyl (C=O) groups is 1. The van der Waals surface area contributed by atoms with Crippen LogP contribution in [-0.4, -0.2) is 117 Å². The van der Waals surface area contributed by atoms with Crippen molar-refractivity contribution in [3.05, 3.63) is 90.0 Å². The average Bonchev–Trinajstić information content (AvgIpc) is 3.96. The van der Waals surface area contributed by atoms with Gasteiger partial charge in [-0.25, -0.2) is 31.5 Å². The summed E-state index contributed by atoms with van der Waals surface area (Å²) in [5.74, 6) is 0.405. The van der Waals surface area contributed by atoms with Crippen LogP contribution in [0.4, 0.5) is 17.1 Å². The number of sulfonamides is 1. The fraction of sp³-hybridized carbons (Fsp3) is 0.468. The molecule has 16 nitrogen and oxygen atoms in total. The molecule has 10 rings (SSSR count). The molecule has 4 aliphatic heterocycles. The van der Waals surface area contributed by atoms with Crippen LogP contribution in [0.1, 0.15) is 85.9 Å². The minimum Gasteiger partial charge on any atom is -0.489 e. The highest BCUT2D eigenvalue weighted by atomic mass is 32.2. The first-order valence-corrected chi connectivity index (χ1v) is 26.1. The largest absolute Gasteiger partial charge is 0.489 e. The van der Waals surface area contributed by atoms with Crippen molar-refractivity contribution >= 4 is 53.9 Å². The van der Waals surface area contributed by atoms with E-state index in [2.05, 4.69) is 77.8 Å². The molecule has 2 aromatic carbocycles. The highest BCUT2D eigenvalue weighted by Crippen LogP contribution is 2.54. The molecule has 1 amide bonds. The Morgan fingerprint density at radius 3 is 2.58 bits per heavy atom. The number of nitrogen functional groups attached to an aromatic ring is 1. The zero-order chi connectivity index (χ0) is 45.1. The quantitative estimate of drug-likeness (QED) is 0.111. The summed E-state index contributed by atoms with van der Waals surface area (Å²) in [5, 5.41) is 4.13. The van der Waals surface area contributed by atoms with Crippen molar-refractivity contribution in [2.24, 2.45) is 5.41 Å². The summed E-state index contributed by atoms with van der Waals surface area (Å²) >= 11 is 0. The van der Waals surface area contributed by atoms with Gasteiger partial charge in [-0.1, -0.05) is 38.1 Å². The molecule has 1 saturated carbocycles. The van der Waals surface area contributed by atoms with E-state index in [1.165, 1.54) is 48.9 Å². The molecule has 0 bridgehead atoms. The summed E-state index contributed by atoms with van der Waals surface area (Å²) in [6.45, 7) is 8.97. The van der Waals surface area contributed by atoms with Gasteiger partial charge in [-0.15, -0.1) is 0 Å². The van der Waals surface area contributed by atoms with Gasteiger partial charge in [0.25, 0.3) is 15.9 Å². The highest BCUT2D eigenvalue weighted by molar-refractivity contribution is 7.91. The van der Waals surface area contributed by atoms with E-state index >= 15 is 0 Å². The molecule has 65 heavy (non-hydrogen) atoms. The van der Waals surface area contributed by atoms with Crippen molar-refractivity contribution in [2.45, 2.75) is 81.3 Å². The maximum atomic E-state index is 14.0. The number of nitrogens with one attached hydrogen (secondary N) is 3. The minimum atomic E-state index is -4.48. The van der Waals surface area contributed by atoms with Crippen molar-refractivity contribution in [2.75, 3.05) is 73.3 Å². The Kier molecular flexibility index (Phi) is 11.4. The van der Waals surface area contributed by atoms with Gasteiger partial charge in [-0.3, -0.25) is 14.6 Å². The second-order valence-electron chi connectivity index (χ2n) is 18.9. The zero-order valence-electron chi connectivity index (χ0n) is 36.8. The third kappa shape index (κ3) is 8.85. The van der Waals surface area contributed by atoms with Crippen LogP contribution in [0.5, 0.6) is 17.2 Å². The Bertz CT molecular complexity index is 2820. The van der Waals surface area contributed by atoms with Crippen LogP contribution in [-0.2, 0) is 19.9 Å². The number of H-pyrrole nitrogens is 1. The van der Waals surface area contributed by atoms with Gasteiger partial charge in [0.2, 0.25) is 0 Å². The van der Waals surface area contributed by atoms with Crippen LogP contribution in [0.3, 0.4) is 0 Å². The smallest absolute Gasteiger partial charge is 0.287 e. The van der Waals surface area contributed by atoms with E-state index in [9.17, 15) is 21.6 Å². The van der Waals surface area contributed by atoms with Crippen molar-refractivity contribution in [1.29, 1.82) is 0 Å². The maximum Gasteiger partial charge on any atom is 0.287 e. The minimum absolute atomic E-state index is 0.0902. The van der Waals surface area contributed by atoms with Gasteiger partial charge in [0.1, 0.15) is 29.4 Å². The summed E-state index contributed by atoms with van der Waals surface area (Å²) in [6, 6.07) is 17.9. The maximum absolute atomic E-state index is 14.0. The number of likely N-dealkylation sites (tertiary alicyclic amines) is 1. The second-order valence-corrected chi connectivity index (χ2v) is 22.9. The van der Waals surface area contributed by atoms with Crippen molar-refractivity contribution in [3.8, 4) is 17.2 Å². The first-order chi connectivity index (χ1) is 31.2. The molecule has 1 spiro atoms. The fourth-order valence-corrected chi connectivity index (χ4v) is 13.0. The molecule has 3 saturated heterocycles. The number of nitrogens with two attached hydrogens (primary N) is 1. The first-order valence-electron chi connectivity index (χ1n) is 22.7. The number of anilines is 3. The van der Waals surface area contributed by atoms with E-state index in [-0.39, 0.29) is 51.9 Å². The van der Waals surface area contributed by atoms with Crippen LogP contribution < -0.4 is 30.1 Å². The molecular formula is C47H57N9O7S2. The number of amides is 1. The van der Waals surface area contributed by atoms with Crippen LogP contribution in [0.2, 0.25) is 0 Å². The number of hydrogen-bond acceptors (Lipinski definition) is 14. The lowest BCUT2D eigenvalue weighted by atomic mass is 9.59. The van der Waals surface area contributed by atoms with Crippen LogP contribution in [0.15, 0.2) is 78.1 Å². The molecular weight excluding hydrogens is 867 g/mol. The Balaban J connectivity index is 0.829. The summed E-state index contributed by atoms with van der Waals surface area (Å²) < 4.78 is 66.0. The molecule has 5 aromatic rings. The number of fused-ring (bicyclic) bond motifs is 2. The number of piperidine rings is 1. The lowest BCUT2D eigenvalue weighted by molar-refractivity contribution is -0.0228. The standard InChI is InChI=1S/C47H57N9O7S2/c1-30(2)37-6-3-4-7-38(37)40-8-5-13-56(40)34-24-47(25-34)10-14-55(15-11-47)33-21-42(63-35-20-31-9-12-49-45(31)51-27-35)44(50-26-33)46(57)53-65(60,61)36-22-39(48)43-41(23-36)62-29-32(52-43)28-54-16-18-64(58,59)19-17-54/h3-4,6-7,9,12,20-23,26-27,30,32,34,40,52H,5,8,10-11,13-19,24-25,28-29,48H2,1-2H3,(H,49,51)(H,53,57)/t32-,40-/m0/s1. The van der Waals surface area contributed by atoms with Gasteiger partial charge in [0, 0.05) is 68.5 Å². The monoisotopic (exact) mass is 923 g/mol. The van der Waals surface area contributed by atoms with Gasteiger partial charge in [0.05, 0.1) is 46.2 Å². The topological polar surface area (TPSA) is 205 Å². The highest BCUT2D eigenvalue weighted by Gasteiger charge is 2.50. The van der Waals surface area contributed by atoms with E-state index in [0.717, 1.165) is 43.5 Å². The average molecular weight is 924 g/mol. The number of benzene rings is 2. The number of aromatic amines is 1. The summed E-state index contributed by atoms with van der Waals surface area (Å²) in [4.78, 5) is 32.9. The SMILES string of the molecule is CC(C)c1ccccc1[C@@H]1CCCN1C1CC2(CCN(c3cnc(C(=O)NS(=O)(=O)c4cc(N)c5c(c4)OC[C@H](CN4CCS(=O)(=O)CC4)N5)c(Oc4cnc5[nH]ccc5c4)c3)CC2)C1. The number of ether oxygens (including phenoxy) is 2. The first kappa shape index (κ1) is 43.5. The van der Waals surface area contributed by atoms with Crippen LogP contribution in [0.25, 0.3) is 11.0 Å². The number of aromatic nitrogens is 3. The lowest BCUT2D eigenvalue weighted by Gasteiger charge is -2.56. The van der Waals surface area contributed by atoms with E-state index in [4.69, 9.17) is 15.2 Å². The summed E-state index contributed by atoms with van der Waals surface area (Å²) in [5.41, 5.74) is 11.4. The number of nitrogens with zero attached hydrogens (tertiary/aromatic N) is 5. The Morgan fingerprint density at radius 2 is 1.80 bits per heavy atom. The number of sulfone groups is 1. The van der Waals surface area contributed by atoms with E-state index < -0.39 is 25.8 Å². The van der Waals surface area contributed by atoms with Crippen molar-refractivity contribution in [3.63, 3.8) is 0 Å². The molecule has 18 heteroatoms. The van der Waals surface area contributed by atoms with Crippen LogP contribution in [0, 0.1) is 5.41 Å². The molecule has 344 valence electrons. The lowest BCUT2D eigenvalue weighted by Crippen LogP contribution is -2.55. The number of carbonyl (C=O) groups excluding carboxylic acids is 1. The van der Waals surface area contributed by atoms with Crippen molar-refractivity contribution in [1.82, 2.24) is 29.5 Å². The van der Waals surface area contributed by atoms with E-state index in [0.29, 0.717) is 60.1 Å². The zero-order valence-corrected chi connectivity index (χ0v) is 38.5. The van der Waals surface area contributed by atoms with Gasteiger partial charge in [0.15, 0.2) is 21.3 Å². The van der Waals surface area contributed by atoms with Gasteiger partial charge < -0.3 is 30.4 Å².